The monoisotopic (exact) mass is 791 g/mol. The maximum Gasteiger partial charge on any atom is 0.277 e. The third-order valence-corrected chi connectivity index (χ3v) is 9.93. The molecule has 4 amide bonds. The van der Waals surface area contributed by atoms with E-state index in [1.54, 1.807) is 84.0 Å². The molecule has 1 fully saturated rings. The number of carbonyl (C=O) groups is 4. The van der Waals surface area contributed by atoms with E-state index in [1.165, 1.54) is 6.07 Å². The molecule has 1 aliphatic heterocycles. The highest BCUT2D eigenvalue weighted by molar-refractivity contribution is 7.11. The van der Waals surface area contributed by atoms with Crippen LogP contribution in [-0.4, -0.2) is 109 Å². The molecule has 6 N–H and O–H groups in total. The summed E-state index contributed by atoms with van der Waals surface area (Å²) in [5.74, 6) is -1.10. The van der Waals surface area contributed by atoms with Crippen molar-refractivity contribution in [1.29, 1.82) is 0 Å². The molecular formula is C35H42ClN13O5S. The molecule has 0 aromatic carbocycles. The van der Waals surface area contributed by atoms with Gasteiger partial charge in [-0.15, -0.1) is 0 Å². The summed E-state index contributed by atoms with van der Waals surface area (Å²) >= 11 is 7.56. The van der Waals surface area contributed by atoms with E-state index in [0.29, 0.717) is 66.6 Å². The molecule has 0 unspecified atom stereocenters. The van der Waals surface area contributed by atoms with E-state index in [2.05, 4.69) is 51.1 Å². The lowest BCUT2D eigenvalue weighted by atomic mass is 10.3. The zero-order valence-electron chi connectivity index (χ0n) is 30.5. The molecule has 20 heteroatoms. The second kappa shape index (κ2) is 18.0. The van der Waals surface area contributed by atoms with E-state index in [9.17, 15) is 19.2 Å². The predicted octanol–water partition coefficient (Wildman–Crippen LogP) is 3.34. The standard InChI is InChI=1S/C35H42ClN13O5S/c1-46-19-22(16-25(46)30(50)37-10-11-49-12-14-54-15-13-49)42-31(51)26-17-23(20-47(26)2)43-32(52)27-18-24(21-48(27)3)44-33(53)29-28(36)34(55-45-29)38-6-4-7-39-35-40-8-5-9-41-35/h5,8-9,16-21,38H,4,6-7,10-15H2,1-3H3,(H,37,50)(H,42,51)(H,43,52)(H,44,53)(H,39,40,41). The molecule has 6 heterocycles. The van der Waals surface area contributed by atoms with Crippen molar-refractivity contribution in [3.8, 4) is 0 Å². The van der Waals surface area contributed by atoms with Gasteiger partial charge in [0.05, 0.1) is 30.3 Å². The average Bonchev–Trinajstić information content (AvgIpc) is 3.94. The van der Waals surface area contributed by atoms with Crippen molar-refractivity contribution in [2.45, 2.75) is 6.42 Å². The van der Waals surface area contributed by atoms with E-state index in [1.807, 2.05) is 0 Å². The van der Waals surface area contributed by atoms with Gasteiger partial charge in [0.25, 0.3) is 23.6 Å². The molecule has 1 saturated heterocycles. The Labute approximate surface area is 325 Å². The van der Waals surface area contributed by atoms with Gasteiger partial charge in [0.2, 0.25) is 5.95 Å². The van der Waals surface area contributed by atoms with Crippen LogP contribution >= 0.6 is 23.1 Å². The van der Waals surface area contributed by atoms with Crippen LogP contribution in [0.5, 0.6) is 0 Å². The van der Waals surface area contributed by atoms with Crippen LogP contribution in [-0.2, 0) is 25.9 Å². The summed E-state index contributed by atoms with van der Waals surface area (Å²) in [5, 5.41) is 18.4. The van der Waals surface area contributed by atoms with E-state index < -0.39 is 17.7 Å². The minimum atomic E-state index is -0.525. The lowest BCUT2D eigenvalue weighted by molar-refractivity contribution is 0.0383. The maximum atomic E-state index is 13.3. The fourth-order valence-electron chi connectivity index (χ4n) is 5.81. The van der Waals surface area contributed by atoms with Crippen molar-refractivity contribution in [2.24, 2.45) is 21.1 Å². The van der Waals surface area contributed by atoms with E-state index in [0.717, 1.165) is 37.6 Å². The Bertz CT molecular complexity index is 2140. The number of aryl methyl sites for hydroxylation is 3. The predicted molar refractivity (Wildman–Crippen MR) is 210 cm³/mol. The van der Waals surface area contributed by atoms with Gasteiger partial charge < -0.3 is 50.3 Å². The number of amides is 4. The van der Waals surface area contributed by atoms with E-state index in [4.69, 9.17) is 16.3 Å². The fraction of sp³-hybridized carbons (Fsp3) is 0.343. The molecular weight excluding hydrogens is 750 g/mol. The first-order valence-corrected chi connectivity index (χ1v) is 18.6. The molecule has 0 spiro atoms. The van der Waals surface area contributed by atoms with Gasteiger partial charge in [0.15, 0.2) is 5.69 Å². The highest BCUT2D eigenvalue weighted by Crippen LogP contribution is 2.31. The van der Waals surface area contributed by atoms with Gasteiger partial charge in [-0.05, 0) is 42.2 Å². The number of carbonyl (C=O) groups excluding carboxylic acids is 4. The Kier molecular flexibility index (Phi) is 12.8. The normalized spacial score (nSPS) is 12.9. The van der Waals surface area contributed by atoms with Crippen molar-refractivity contribution >= 4 is 74.8 Å². The van der Waals surface area contributed by atoms with Crippen LogP contribution in [0.25, 0.3) is 0 Å². The highest BCUT2D eigenvalue weighted by atomic mass is 35.5. The average molecular weight is 792 g/mol. The second-order valence-electron chi connectivity index (χ2n) is 12.7. The van der Waals surface area contributed by atoms with Crippen molar-refractivity contribution in [3.05, 3.63) is 83.0 Å². The summed E-state index contributed by atoms with van der Waals surface area (Å²) in [6, 6.07) is 6.43. The van der Waals surface area contributed by atoms with Gasteiger partial charge in [0, 0.05) is 91.4 Å². The lowest BCUT2D eigenvalue weighted by Gasteiger charge is -2.26. The first-order chi connectivity index (χ1) is 26.5. The molecule has 1 aliphatic rings. The molecule has 5 aromatic heterocycles. The Morgan fingerprint density at radius 1 is 0.745 bits per heavy atom. The number of hydrogen-bond acceptors (Lipinski definition) is 12. The zero-order valence-corrected chi connectivity index (χ0v) is 32.1. The highest BCUT2D eigenvalue weighted by Gasteiger charge is 2.22. The van der Waals surface area contributed by atoms with Gasteiger partial charge in [-0.25, -0.2) is 9.97 Å². The number of rotatable bonds is 16. The first kappa shape index (κ1) is 38.9. The van der Waals surface area contributed by atoms with Crippen LogP contribution in [0, 0.1) is 0 Å². The summed E-state index contributed by atoms with van der Waals surface area (Å²) in [6.45, 7) is 5.50. The lowest BCUT2D eigenvalue weighted by Crippen LogP contribution is -2.41. The molecule has 55 heavy (non-hydrogen) atoms. The third kappa shape index (κ3) is 10.1. The van der Waals surface area contributed by atoms with Crippen molar-refractivity contribution in [2.75, 3.05) is 79.1 Å². The maximum absolute atomic E-state index is 13.3. The third-order valence-electron chi connectivity index (χ3n) is 8.64. The summed E-state index contributed by atoms with van der Waals surface area (Å²) in [7, 11) is 5.09. The minimum absolute atomic E-state index is 0.0596. The summed E-state index contributed by atoms with van der Waals surface area (Å²) in [5.41, 5.74) is 2.20. The first-order valence-electron chi connectivity index (χ1n) is 17.5. The van der Waals surface area contributed by atoms with Crippen LogP contribution < -0.4 is 31.9 Å². The van der Waals surface area contributed by atoms with E-state index >= 15 is 0 Å². The molecule has 0 atom stereocenters. The summed E-state index contributed by atoms with van der Waals surface area (Å²) in [4.78, 5) is 62.9. The molecule has 5 aromatic rings. The van der Waals surface area contributed by atoms with Gasteiger partial charge in [-0.1, -0.05) is 11.6 Å². The number of ether oxygens (including phenoxy) is 1. The fourth-order valence-corrected chi connectivity index (χ4v) is 6.86. The second-order valence-corrected chi connectivity index (χ2v) is 13.9. The van der Waals surface area contributed by atoms with Crippen LogP contribution in [0.4, 0.5) is 28.0 Å². The quantitative estimate of drug-likeness (QED) is 0.0800. The van der Waals surface area contributed by atoms with E-state index in [-0.39, 0.29) is 28.0 Å². The number of aromatic nitrogens is 6. The molecule has 0 saturated carbocycles. The topological polar surface area (TPSA) is 206 Å². The number of anilines is 5. The molecule has 0 radical (unpaired) electrons. The van der Waals surface area contributed by atoms with Crippen molar-refractivity contribution in [3.63, 3.8) is 0 Å². The SMILES string of the molecule is Cn1cc(NC(=O)c2cc(NC(=O)c3cc(NC(=O)c4nsc(NCCCNc5ncccn5)c4Cl)cn3C)cn2C)cc1C(=O)NCCN1CCOCC1. The van der Waals surface area contributed by atoms with Crippen LogP contribution in [0.1, 0.15) is 48.4 Å². The van der Waals surface area contributed by atoms with Crippen LogP contribution in [0.3, 0.4) is 0 Å². The Morgan fingerprint density at radius 2 is 1.27 bits per heavy atom. The number of nitrogens with one attached hydrogen (secondary N) is 6. The van der Waals surface area contributed by atoms with Crippen LogP contribution in [0.2, 0.25) is 5.02 Å². The molecule has 18 nitrogen and oxygen atoms in total. The number of halogens is 1. The smallest absolute Gasteiger partial charge is 0.277 e. The number of nitrogens with zero attached hydrogens (tertiary/aromatic N) is 7. The largest absolute Gasteiger partial charge is 0.379 e. The molecule has 0 aliphatic carbocycles. The minimum Gasteiger partial charge on any atom is -0.379 e. The number of morpholine rings is 1. The van der Waals surface area contributed by atoms with Gasteiger partial charge >= 0.3 is 0 Å². The molecule has 0 bridgehead atoms. The summed E-state index contributed by atoms with van der Waals surface area (Å²) < 4.78 is 14.4. The van der Waals surface area contributed by atoms with Crippen molar-refractivity contribution < 1.29 is 23.9 Å². The molecule has 6 rings (SSSR count). The molecule has 290 valence electrons. The Balaban J connectivity index is 0.984. The van der Waals surface area contributed by atoms with Gasteiger partial charge in [0.1, 0.15) is 27.1 Å². The number of hydrogen-bond donors (Lipinski definition) is 6. The van der Waals surface area contributed by atoms with Crippen LogP contribution in [0.15, 0.2) is 55.2 Å². The Morgan fingerprint density at radius 3 is 1.85 bits per heavy atom. The van der Waals surface area contributed by atoms with Gasteiger partial charge in [-0.2, -0.15) is 4.37 Å². The summed E-state index contributed by atoms with van der Waals surface area (Å²) in [6.07, 6.45) is 8.93. The zero-order chi connectivity index (χ0) is 38.9. The Hall–Kier alpha value is -5.76. The van der Waals surface area contributed by atoms with Crippen molar-refractivity contribution in [1.82, 2.24) is 38.3 Å². The van der Waals surface area contributed by atoms with Gasteiger partial charge in [-0.3, -0.25) is 24.1 Å².